The van der Waals surface area contributed by atoms with Crippen molar-refractivity contribution in [1.82, 2.24) is 20.6 Å². The van der Waals surface area contributed by atoms with E-state index in [2.05, 4.69) is 20.6 Å². The highest BCUT2D eigenvalue weighted by Crippen LogP contribution is 2.43. The molecule has 0 spiro atoms. The number of halogens is 3. The fourth-order valence-corrected chi connectivity index (χ4v) is 4.29. The number of aliphatic hydroxyl groups is 1. The highest BCUT2D eigenvalue weighted by molar-refractivity contribution is 5.71. The van der Waals surface area contributed by atoms with Gasteiger partial charge in [-0.1, -0.05) is 52.8 Å². The maximum Gasteiger partial charge on any atom is 0.422 e. The van der Waals surface area contributed by atoms with Crippen LogP contribution in [0.3, 0.4) is 0 Å². The van der Waals surface area contributed by atoms with Gasteiger partial charge in [0, 0.05) is 17.2 Å². The third-order valence-electron chi connectivity index (χ3n) is 5.98. The summed E-state index contributed by atoms with van der Waals surface area (Å²) >= 11 is 0. The Hall–Kier alpha value is -4.03. The lowest BCUT2D eigenvalue weighted by Gasteiger charge is -2.30. The molecule has 2 unspecified atom stereocenters. The van der Waals surface area contributed by atoms with E-state index in [1.807, 2.05) is 0 Å². The first kappa shape index (κ1) is 23.7. The molecule has 2 atom stereocenters. The number of rotatable bonds is 6. The largest absolute Gasteiger partial charge is 0.480 e. The summed E-state index contributed by atoms with van der Waals surface area (Å²) in [5.41, 5.74) is 0.623. The molecule has 4 aromatic rings. The molecule has 0 saturated carbocycles. The van der Waals surface area contributed by atoms with Crippen molar-refractivity contribution in [3.8, 4) is 34.3 Å². The van der Waals surface area contributed by atoms with Crippen molar-refractivity contribution in [2.24, 2.45) is 0 Å². The molecule has 0 fully saturated rings. The van der Waals surface area contributed by atoms with Gasteiger partial charge in [-0.3, -0.25) is 4.79 Å². The molecule has 5 rings (SSSR count). The van der Waals surface area contributed by atoms with Gasteiger partial charge in [-0.2, -0.15) is 18.2 Å². The van der Waals surface area contributed by atoms with Crippen molar-refractivity contribution in [3.05, 3.63) is 65.2 Å². The predicted molar refractivity (Wildman–Crippen MR) is 118 cm³/mol. The second kappa shape index (κ2) is 9.21. The third-order valence-corrected chi connectivity index (χ3v) is 5.98. The fourth-order valence-electron chi connectivity index (χ4n) is 4.29. The van der Waals surface area contributed by atoms with Crippen LogP contribution in [0, 0.1) is 0 Å². The standard InChI is InChI=1S/C24H19F3N4O5/c25-24(26,27)18-19(12-4-2-1-3-5-12)30-35-21(18)23-29-22(31-36-23)14-6-8-15-13(10-14)7-9-16(20(15)34)28-11-17(32)33/h1-6,8,10,16,20,28,34H,7,9,11H2,(H,32,33). The molecule has 3 N–H and O–H groups in total. The number of aryl methyl sites for hydroxylation is 1. The van der Waals surface area contributed by atoms with Gasteiger partial charge in [-0.05, 0) is 30.0 Å². The Morgan fingerprint density at radius 2 is 1.86 bits per heavy atom. The second-order valence-electron chi connectivity index (χ2n) is 8.30. The molecule has 0 saturated heterocycles. The summed E-state index contributed by atoms with van der Waals surface area (Å²) in [5.74, 6) is -2.13. The highest BCUT2D eigenvalue weighted by atomic mass is 19.4. The molecule has 0 amide bonds. The molecular weight excluding hydrogens is 481 g/mol. The molecule has 2 heterocycles. The Kier molecular flexibility index (Phi) is 6.06. The number of aliphatic carboxylic acids is 1. The summed E-state index contributed by atoms with van der Waals surface area (Å²) in [6, 6.07) is 12.4. The number of carboxylic acid groups (broad SMARTS) is 1. The van der Waals surface area contributed by atoms with Crippen LogP contribution in [-0.2, 0) is 17.4 Å². The number of nitrogens with one attached hydrogen (secondary N) is 1. The van der Waals surface area contributed by atoms with Crippen molar-refractivity contribution < 1.29 is 37.2 Å². The summed E-state index contributed by atoms with van der Waals surface area (Å²) < 4.78 is 52.0. The number of nitrogens with zero attached hydrogens (tertiary/aromatic N) is 3. The SMILES string of the molecule is O=C(O)CNC1CCc2cc(-c3noc(-c4onc(-c5ccccc5)c4C(F)(F)F)n3)ccc2C1O. The molecular formula is C24H19F3N4O5. The average molecular weight is 500 g/mol. The number of carbonyl (C=O) groups is 1. The average Bonchev–Trinajstić information content (AvgIpc) is 3.51. The van der Waals surface area contributed by atoms with Gasteiger partial charge in [0.25, 0.3) is 5.89 Å². The zero-order chi connectivity index (χ0) is 25.4. The maximum absolute atomic E-state index is 13.9. The molecule has 0 aliphatic heterocycles. The number of carboxylic acids is 1. The first-order valence-electron chi connectivity index (χ1n) is 10.9. The first-order valence-corrected chi connectivity index (χ1v) is 10.9. The molecule has 1 aliphatic rings. The van der Waals surface area contributed by atoms with E-state index in [4.69, 9.17) is 14.2 Å². The van der Waals surface area contributed by atoms with Gasteiger partial charge in [0.2, 0.25) is 11.6 Å². The van der Waals surface area contributed by atoms with Crippen LogP contribution in [0.15, 0.2) is 57.6 Å². The van der Waals surface area contributed by atoms with Crippen LogP contribution in [0.4, 0.5) is 13.2 Å². The lowest BCUT2D eigenvalue weighted by Crippen LogP contribution is -2.40. The summed E-state index contributed by atoms with van der Waals surface area (Å²) in [6.45, 7) is -0.270. The molecule has 2 aromatic heterocycles. The number of aromatic nitrogens is 3. The molecule has 2 aromatic carbocycles. The minimum absolute atomic E-state index is 0.0409. The van der Waals surface area contributed by atoms with Crippen molar-refractivity contribution in [2.75, 3.05) is 6.54 Å². The van der Waals surface area contributed by atoms with E-state index in [1.54, 1.807) is 36.4 Å². The van der Waals surface area contributed by atoms with Crippen LogP contribution in [0.5, 0.6) is 0 Å². The minimum atomic E-state index is -4.79. The lowest BCUT2D eigenvalue weighted by molar-refractivity contribution is -0.137. The van der Waals surface area contributed by atoms with Gasteiger partial charge >= 0.3 is 12.1 Å². The van der Waals surface area contributed by atoms with E-state index < -0.39 is 41.5 Å². The van der Waals surface area contributed by atoms with E-state index in [9.17, 15) is 23.1 Å². The number of hydrogen-bond acceptors (Lipinski definition) is 8. The van der Waals surface area contributed by atoms with Crippen molar-refractivity contribution >= 4 is 5.97 Å². The van der Waals surface area contributed by atoms with Crippen molar-refractivity contribution in [3.63, 3.8) is 0 Å². The summed E-state index contributed by atoms with van der Waals surface area (Å²) in [6.07, 6.45) is -4.66. The van der Waals surface area contributed by atoms with Crippen LogP contribution in [0.2, 0.25) is 0 Å². The fraction of sp³-hybridized carbons (Fsp3) is 0.250. The van der Waals surface area contributed by atoms with E-state index >= 15 is 0 Å². The van der Waals surface area contributed by atoms with Crippen molar-refractivity contribution in [1.29, 1.82) is 0 Å². The number of benzene rings is 2. The zero-order valence-corrected chi connectivity index (χ0v) is 18.5. The monoisotopic (exact) mass is 500 g/mol. The Morgan fingerprint density at radius 3 is 2.58 bits per heavy atom. The van der Waals surface area contributed by atoms with Crippen LogP contribution in [0.1, 0.15) is 29.2 Å². The van der Waals surface area contributed by atoms with Gasteiger partial charge in [0.15, 0.2) is 0 Å². The summed E-state index contributed by atoms with van der Waals surface area (Å²) in [7, 11) is 0. The normalized spacial score (nSPS) is 17.7. The Morgan fingerprint density at radius 1 is 1.08 bits per heavy atom. The zero-order valence-electron chi connectivity index (χ0n) is 18.5. The molecule has 0 radical (unpaired) electrons. The highest BCUT2D eigenvalue weighted by Gasteiger charge is 2.43. The maximum atomic E-state index is 13.9. The van der Waals surface area contributed by atoms with Crippen LogP contribution < -0.4 is 5.32 Å². The second-order valence-corrected chi connectivity index (χ2v) is 8.30. The Labute approximate surface area is 201 Å². The number of fused-ring (bicyclic) bond motifs is 1. The first-order chi connectivity index (χ1) is 17.2. The molecule has 0 bridgehead atoms. The van der Waals surface area contributed by atoms with E-state index in [0.717, 1.165) is 5.56 Å². The van der Waals surface area contributed by atoms with Gasteiger partial charge in [0.05, 0.1) is 12.6 Å². The van der Waals surface area contributed by atoms with Gasteiger partial charge in [0.1, 0.15) is 11.3 Å². The smallest absolute Gasteiger partial charge is 0.422 e. The molecule has 36 heavy (non-hydrogen) atoms. The Bertz CT molecular complexity index is 1400. The number of alkyl halides is 3. The quantitative estimate of drug-likeness (QED) is 0.358. The third kappa shape index (κ3) is 4.48. The van der Waals surface area contributed by atoms with E-state index in [1.165, 1.54) is 12.1 Å². The number of aliphatic hydroxyl groups excluding tert-OH is 1. The molecule has 1 aliphatic carbocycles. The molecule has 9 nitrogen and oxygen atoms in total. The van der Waals surface area contributed by atoms with Crippen molar-refractivity contribution in [2.45, 2.75) is 31.2 Å². The van der Waals surface area contributed by atoms with Gasteiger partial charge in [-0.15, -0.1) is 0 Å². The lowest BCUT2D eigenvalue weighted by atomic mass is 9.85. The summed E-state index contributed by atoms with van der Waals surface area (Å²) in [4.78, 5) is 14.9. The minimum Gasteiger partial charge on any atom is -0.480 e. The van der Waals surface area contributed by atoms with Crippen LogP contribution in [-0.4, -0.2) is 44.1 Å². The summed E-state index contributed by atoms with van der Waals surface area (Å²) in [5, 5.41) is 29.7. The van der Waals surface area contributed by atoms with Gasteiger partial charge < -0.3 is 24.6 Å². The van der Waals surface area contributed by atoms with Crippen LogP contribution >= 0.6 is 0 Å². The Balaban J connectivity index is 1.45. The van der Waals surface area contributed by atoms with Gasteiger partial charge in [-0.25, -0.2) is 0 Å². The molecule has 12 heteroatoms. The molecule has 186 valence electrons. The van der Waals surface area contributed by atoms with E-state index in [0.29, 0.717) is 24.0 Å². The number of hydrogen-bond donors (Lipinski definition) is 3. The van der Waals surface area contributed by atoms with Crippen LogP contribution in [0.25, 0.3) is 34.3 Å². The van der Waals surface area contributed by atoms with E-state index in [-0.39, 0.29) is 23.6 Å². The topological polar surface area (TPSA) is 135 Å². The predicted octanol–water partition coefficient (Wildman–Crippen LogP) is 4.10.